The molecule has 1 aromatic heterocycles. The smallest absolute Gasteiger partial charge is 0.269 e. The van der Waals surface area contributed by atoms with Crippen molar-refractivity contribution in [1.29, 1.82) is 0 Å². The van der Waals surface area contributed by atoms with E-state index in [2.05, 4.69) is 15.5 Å². The van der Waals surface area contributed by atoms with Gasteiger partial charge in [0.15, 0.2) is 0 Å². The van der Waals surface area contributed by atoms with Gasteiger partial charge in [-0.15, -0.1) is 10.2 Å². The van der Waals surface area contributed by atoms with Crippen LogP contribution in [0.3, 0.4) is 0 Å². The minimum Gasteiger partial charge on any atom is -0.421 e. The molecule has 0 fully saturated rings. The van der Waals surface area contributed by atoms with Gasteiger partial charge in [-0.3, -0.25) is 10.1 Å². The Bertz CT molecular complexity index is 550. The quantitative estimate of drug-likeness (QED) is 0.484. The number of nitrogens with one attached hydrogen (secondary N) is 1. The number of aromatic nitrogens is 2. The summed E-state index contributed by atoms with van der Waals surface area (Å²) in [4.78, 5) is 10.1. The highest BCUT2D eigenvalue weighted by atomic mass is 16.6. The lowest BCUT2D eigenvalue weighted by Crippen LogP contribution is -2.16. The number of non-ortho nitro benzene ring substituents is 1. The van der Waals surface area contributed by atoms with Crippen LogP contribution in [0, 0.1) is 10.1 Å². The van der Waals surface area contributed by atoms with E-state index in [0.29, 0.717) is 23.8 Å². The molecule has 0 saturated carbocycles. The standard InChI is InChI=1S/C12H14N4O3/c1-2-13-8-7-11-14-15-12(19-11)9-3-5-10(6-4-9)16(17)18/h3-6,13H,2,7-8H2,1H3. The second kappa shape index (κ2) is 6.05. The largest absolute Gasteiger partial charge is 0.421 e. The van der Waals surface area contributed by atoms with Crippen molar-refractivity contribution in [2.24, 2.45) is 0 Å². The molecule has 0 aliphatic rings. The summed E-state index contributed by atoms with van der Waals surface area (Å²) < 4.78 is 5.48. The summed E-state index contributed by atoms with van der Waals surface area (Å²) in [7, 11) is 0. The Morgan fingerprint density at radius 2 is 2.05 bits per heavy atom. The molecule has 0 bridgehead atoms. The molecule has 0 aliphatic carbocycles. The molecule has 7 heteroatoms. The Balaban J connectivity index is 2.07. The molecule has 1 heterocycles. The van der Waals surface area contributed by atoms with Gasteiger partial charge in [0.2, 0.25) is 11.8 Å². The van der Waals surface area contributed by atoms with Gasteiger partial charge in [-0.05, 0) is 18.7 Å². The van der Waals surface area contributed by atoms with E-state index in [1.54, 1.807) is 12.1 Å². The van der Waals surface area contributed by atoms with Crippen LogP contribution < -0.4 is 5.32 Å². The van der Waals surface area contributed by atoms with E-state index in [0.717, 1.165) is 13.1 Å². The molecule has 100 valence electrons. The average Bonchev–Trinajstić information content (AvgIpc) is 2.88. The van der Waals surface area contributed by atoms with Crippen LogP contribution in [0.25, 0.3) is 11.5 Å². The maximum atomic E-state index is 10.5. The van der Waals surface area contributed by atoms with E-state index in [9.17, 15) is 10.1 Å². The molecule has 0 spiro atoms. The zero-order chi connectivity index (χ0) is 13.7. The van der Waals surface area contributed by atoms with Gasteiger partial charge < -0.3 is 9.73 Å². The first kappa shape index (κ1) is 13.2. The number of nitro benzene ring substituents is 1. The molecule has 0 amide bonds. The molecule has 0 saturated heterocycles. The summed E-state index contributed by atoms with van der Waals surface area (Å²) in [5.41, 5.74) is 0.712. The van der Waals surface area contributed by atoms with Crippen LogP contribution in [0.5, 0.6) is 0 Å². The minimum atomic E-state index is -0.445. The molecule has 0 unspecified atom stereocenters. The average molecular weight is 262 g/mol. The Hall–Kier alpha value is -2.28. The third kappa shape index (κ3) is 3.35. The monoisotopic (exact) mass is 262 g/mol. The number of likely N-dealkylation sites (N-methyl/N-ethyl adjacent to an activating group) is 1. The molecule has 19 heavy (non-hydrogen) atoms. The molecular weight excluding hydrogens is 248 g/mol. The lowest BCUT2D eigenvalue weighted by molar-refractivity contribution is -0.384. The number of benzene rings is 1. The van der Waals surface area contributed by atoms with Crippen LogP contribution in [-0.4, -0.2) is 28.2 Å². The Kier molecular flexibility index (Phi) is 4.19. The van der Waals surface area contributed by atoms with E-state index < -0.39 is 4.92 Å². The van der Waals surface area contributed by atoms with Gasteiger partial charge in [0, 0.05) is 30.7 Å². The van der Waals surface area contributed by atoms with Crippen LogP contribution in [-0.2, 0) is 6.42 Å². The number of nitrogens with zero attached hydrogens (tertiary/aromatic N) is 3. The first-order valence-corrected chi connectivity index (χ1v) is 5.98. The highest BCUT2D eigenvalue weighted by Gasteiger charge is 2.10. The van der Waals surface area contributed by atoms with Crippen LogP contribution >= 0.6 is 0 Å². The fourth-order valence-corrected chi connectivity index (χ4v) is 1.57. The summed E-state index contributed by atoms with van der Waals surface area (Å²) in [5.74, 6) is 0.927. The molecule has 1 aromatic carbocycles. The summed E-state index contributed by atoms with van der Waals surface area (Å²) >= 11 is 0. The minimum absolute atomic E-state index is 0.0376. The van der Waals surface area contributed by atoms with Crippen molar-refractivity contribution in [2.45, 2.75) is 13.3 Å². The summed E-state index contributed by atoms with van der Waals surface area (Å²) in [6.07, 6.45) is 0.661. The van der Waals surface area contributed by atoms with Gasteiger partial charge in [-0.1, -0.05) is 6.92 Å². The molecule has 2 aromatic rings. The van der Waals surface area contributed by atoms with Crippen LogP contribution in [0.4, 0.5) is 5.69 Å². The van der Waals surface area contributed by atoms with E-state index in [1.165, 1.54) is 12.1 Å². The highest BCUT2D eigenvalue weighted by Crippen LogP contribution is 2.21. The van der Waals surface area contributed by atoms with Gasteiger partial charge >= 0.3 is 0 Å². The number of hydrogen-bond donors (Lipinski definition) is 1. The topological polar surface area (TPSA) is 94.1 Å². The molecule has 0 atom stereocenters. The molecule has 7 nitrogen and oxygen atoms in total. The highest BCUT2D eigenvalue weighted by molar-refractivity contribution is 5.55. The lowest BCUT2D eigenvalue weighted by Gasteiger charge is -1.96. The lowest BCUT2D eigenvalue weighted by atomic mass is 10.2. The zero-order valence-electron chi connectivity index (χ0n) is 10.5. The van der Waals surface area contributed by atoms with Crippen LogP contribution in [0.1, 0.15) is 12.8 Å². The third-order valence-corrected chi connectivity index (χ3v) is 2.56. The van der Waals surface area contributed by atoms with Crippen LogP contribution in [0.15, 0.2) is 28.7 Å². The predicted octanol–water partition coefficient (Wildman–Crippen LogP) is 1.80. The normalized spacial score (nSPS) is 10.6. The Labute approximate surface area is 109 Å². The second-order valence-electron chi connectivity index (χ2n) is 3.91. The van der Waals surface area contributed by atoms with E-state index in [1.807, 2.05) is 6.92 Å². The maximum Gasteiger partial charge on any atom is 0.269 e. The predicted molar refractivity (Wildman–Crippen MR) is 68.6 cm³/mol. The fourth-order valence-electron chi connectivity index (χ4n) is 1.57. The van der Waals surface area contributed by atoms with Crippen molar-refractivity contribution < 1.29 is 9.34 Å². The molecule has 0 radical (unpaired) electrons. The van der Waals surface area contributed by atoms with Crippen LogP contribution in [0.2, 0.25) is 0 Å². The Morgan fingerprint density at radius 3 is 2.68 bits per heavy atom. The van der Waals surface area contributed by atoms with Crippen molar-refractivity contribution in [3.05, 3.63) is 40.3 Å². The van der Waals surface area contributed by atoms with E-state index in [-0.39, 0.29) is 5.69 Å². The third-order valence-electron chi connectivity index (χ3n) is 2.56. The van der Waals surface area contributed by atoms with Crippen molar-refractivity contribution in [2.75, 3.05) is 13.1 Å². The number of nitro groups is 1. The molecule has 0 aliphatic heterocycles. The summed E-state index contributed by atoms with van der Waals surface area (Å²) in [6, 6.07) is 6.02. The molecule has 2 rings (SSSR count). The van der Waals surface area contributed by atoms with Gasteiger partial charge in [-0.2, -0.15) is 0 Å². The van der Waals surface area contributed by atoms with Gasteiger partial charge in [0.25, 0.3) is 5.69 Å². The van der Waals surface area contributed by atoms with Gasteiger partial charge in [0.1, 0.15) is 0 Å². The van der Waals surface area contributed by atoms with Crippen molar-refractivity contribution in [3.63, 3.8) is 0 Å². The maximum absolute atomic E-state index is 10.5. The summed E-state index contributed by atoms with van der Waals surface area (Å²) in [5, 5.41) is 21.6. The molecule has 1 N–H and O–H groups in total. The SMILES string of the molecule is CCNCCc1nnc(-c2ccc([N+](=O)[O-])cc2)o1. The Morgan fingerprint density at radius 1 is 1.32 bits per heavy atom. The number of hydrogen-bond acceptors (Lipinski definition) is 6. The van der Waals surface area contributed by atoms with Crippen molar-refractivity contribution in [3.8, 4) is 11.5 Å². The van der Waals surface area contributed by atoms with Crippen molar-refractivity contribution in [1.82, 2.24) is 15.5 Å². The van der Waals surface area contributed by atoms with Gasteiger partial charge in [0.05, 0.1) is 4.92 Å². The molecular formula is C12H14N4O3. The fraction of sp³-hybridized carbons (Fsp3) is 0.333. The van der Waals surface area contributed by atoms with E-state index in [4.69, 9.17) is 4.42 Å². The van der Waals surface area contributed by atoms with Crippen molar-refractivity contribution >= 4 is 5.69 Å². The van der Waals surface area contributed by atoms with E-state index >= 15 is 0 Å². The summed E-state index contributed by atoms with van der Waals surface area (Å²) in [6.45, 7) is 3.69. The second-order valence-corrected chi connectivity index (χ2v) is 3.91. The zero-order valence-corrected chi connectivity index (χ0v) is 10.5. The first-order chi connectivity index (χ1) is 9.20. The van der Waals surface area contributed by atoms with Gasteiger partial charge in [-0.25, -0.2) is 0 Å². The number of rotatable bonds is 6. The first-order valence-electron chi connectivity index (χ1n) is 5.98.